The molecule has 1 atom stereocenters. The van der Waals surface area contributed by atoms with Crippen LogP contribution >= 0.6 is 22.9 Å². The van der Waals surface area contributed by atoms with Gasteiger partial charge in [-0.3, -0.25) is 19.8 Å². The summed E-state index contributed by atoms with van der Waals surface area (Å²) in [7, 11) is 0. The van der Waals surface area contributed by atoms with E-state index < -0.39 is 0 Å². The van der Waals surface area contributed by atoms with Crippen molar-refractivity contribution in [3.05, 3.63) is 69.6 Å². The van der Waals surface area contributed by atoms with Crippen molar-refractivity contribution in [2.24, 2.45) is 0 Å². The maximum absolute atomic E-state index is 12.6. The second-order valence-electron chi connectivity index (χ2n) is 7.69. The van der Waals surface area contributed by atoms with Crippen LogP contribution in [0.5, 0.6) is 0 Å². The Balaban J connectivity index is 1.34. The summed E-state index contributed by atoms with van der Waals surface area (Å²) in [4.78, 5) is 31.6. The lowest BCUT2D eigenvalue weighted by atomic mass is 10.0. The van der Waals surface area contributed by atoms with Gasteiger partial charge in [0.2, 0.25) is 5.91 Å². The Morgan fingerprint density at radius 1 is 1.21 bits per heavy atom. The monoisotopic (exact) mass is 488 g/mol. The molecule has 174 valence electrons. The van der Waals surface area contributed by atoms with Crippen molar-refractivity contribution < 1.29 is 18.7 Å². The number of nitrogens with zero attached hydrogens (tertiary/aromatic N) is 2. The highest BCUT2D eigenvalue weighted by Crippen LogP contribution is 2.23. The second-order valence-corrected chi connectivity index (χ2v) is 8.98. The van der Waals surface area contributed by atoms with Gasteiger partial charge in [-0.15, -0.1) is 11.3 Å². The molecule has 0 bridgehead atoms. The van der Waals surface area contributed by atoms with E-state index in [1.54, 1.807) is 18.4 Å². The molecule has 10 heteroatoms. The first-order valence-electron chi connectivity index (χ1n) is 10.6. The number of morpholine rings is 1. The minimum Gasteiger partial charge on any atom is -0.469 e. The number of ether oxygens (including phenoxy) is 1. The Labute approximate surface area is 200 Å². The van der Waals surface area contributed by atoms with Crippen LogP contribution in [0.1, 0.15) is 33.4 Å². The highest BCUT2D eigenvalue weighted by molar-refractivity contribution is 7.14. The molecule has 1 aliphatic rings. The van der Waals surface area contributed by atoms with Crippen LogP contribution in [0.3, 0.4) is 0 Å². The summed E-state index contributed by atoms with van der Waals surface area (Å²) in [6.07, 6.45) is 1.60. The van der Waals surface area contributed by atoms with Gasteiger partial charge in [-0.1, -0.05) is 23.7 Å². The van der Waals surface area contributed by atoms with E-state index in [0.29, 0.717) is 46.9 Å². The molecule has 2 N–H and O–H groups in total. The first-order valence-corrected chi connectivity index (χ1v) is 11.9. The van der Waals surface area contributed by atoms with E-state index in [-0.39, 0.29) is 24.3 Å². The van der Waals surface area contributed by atoms with Crippen molar-refractivity contribution in [2.45, 2.75) is 19.4 Å². The molecule has 2 amide bonds. The van der Waals surface area contributed by atoms with Gasteiger partial charge < -0.3 is 14.5 Å². The molecule has 1 unspecified atom stereocenters. The fourth-order valence-electron chi connectivity index (χ4n) is 3.70. The molecule has 1 saturated heterocycles. The molecule has 1 aliphatic heterocycles. The number of halogens is 1. The zero-order valence-corrected chi connectivity index (χ0v) is 19.7. The maximum Gasteiger partial charge on any atom is 0.260 e. The number of thiazole rings is 1. The van der Waals surface area contributed by atoms with E-state index in [2.05, 4.69) is 20.5 Å². The van der Waals surface area contributed by atoms with Gasteiger partial charge in [-0.25, -0.2) is 4.98 Å². The molecule has 8 nitrogen and oxygen atoms in total. The summed E-state index contributed by atoms with van der Waals surface area (Å²) >= 11 is 7.33. The fraction of sp³-hybridized carbons (Fsp3) is 0.348. The molecule has 3 heterocycles. The minimum atomic E-state index is -0.289. The molecule has 3 aromatic rings. The summed E-state index contributed by atoms with van der Waals surface area (Å²) in [5, 5.41) is 8.67. The highest BCUT2D eigenvalue weighted by atomic mass is 35.5. The second kappa shape index (κ2) is 10.9. The van der Waals surface area contributed by atoms with Crippen LogP contribution in [0.25, 0.3) is 0 Å². The number of aryl methyl sites for hydroxylation is 1. The molecule has 2 aromatic heterocycles. The third kappa shape index (κ3) is 6.20. The topological polar surface area (TPSA) is 96.7 Å². The zero-order chi connectivity index (χ0) is 23.2. The lowest BCUT2D eigenvalue weighted by Crippen LogP contribution is -2.44. The number of carbonyl (C=O) groups excluding carboxylic acids is 2. The van der Waals surface area contributed by atoms with Crippen molar-refractivity contribution in [1.29, 1.82) is 0 Å². The smallest absolute Gasteiger partial charge is 0.260 e. The van der Waals surface area contributed by atoms with Gasteiger partial charge in [0, 0.05) is 30.0 Å². The summed E-state index contributed by atoms with van der Waals surface area (Å²) in [5.41, 5.74) is 2.15. The van der Waals surface area contributed by atoms with Gasteiger partial charge in [0.15, 0.2) is 5.13 Å². The van der Waals surface area contributed by atoms with Crippen molar-refractivity contribution in [1.82, 2.24) is 15.2 Å². The standard InChI is InChI=1S/C23H25ClN4O4S/c1-15-19(6-9-32-15)22(30)27-23-26-18(14-33-23)12-21(29)25-13-20(28-7-10-31-11-8-28)16-2-4-17(24)5-3-16/h2-6,9,14,20H,7-8,10-13H2,1H3,(H,25,29)(H,26,27,30). The van der Waals surface area contributed by atoms with Gasteiger partial charge in [0.1, 0.15) is 5.76 Å². The Morgan fingerprint density at radius 2 is 1.97 bits per heavy atom. The predicted octanol–water partition coefficient (Wildman–Crippen LogP) is 3.68. The molecule has 0 saturated carbocycles. The molecule has 1 aromatic carbocycles. The molecule has 1 fully saturated rings. The van der Waals surface area contributed by atoms with Gasteiger partial charge in [-0.05, 0) is 30.7 Å². The van der Waals surface area contributed by atoms with Crippen molar-refractivity contribution in [3.8, 4) is 0 Å². The van der Waals surface area contributed by atoms with Crippen LogP contribution in [-0.2, 0) is 16.0 Å². The van der Waals surface area contributed by atoms with Crippen molar-refractivity contribution >= 4 is 39.9 Å². The summed E-state index contributed by atoms with van der Waals surface area (Å²) < 4.78 is 10.6. The summed E-state index contributed by atoms with van der Waals surface area (Å²) in [6.45, 7) is 5.13. The molecule has 33 heavy (non-hydrogen) atoms. The van der Waals surface area contributed by atoms with Crippen LogP contribution < -0.4 is 10.6 Å². The SMILES string of the molecule is Cc1occc1C(=O)Nc1nc(CC(=O)NCC(c2ccc(Cl)cc2)N2CCOCC2)cs1. The van der Waals surface area contributed by atoms with E-state index in [9.17, 15) is 9.59 Å². The Hall–Kier alpha value is -2.72. The van der Waals surface area contributed by atoms with Crippen LogP contribution in [-0.4, -0.2) is 54.5 Å². The summed E-state index contributed by atoms with van der Waals surface area (Å²) in [6, 6.07) is 9.35. The number of hydrogen-bond acceptors (Lipinski definition) is 7. The van der Waals surface area contributed by atoms with Crippen molar-refractivity contribution in [2.75, 3.05) is 38.2 Å². The number of rotatable bonds is 8. The number of hydrogen-bond donors (Lipinski definition) is 2. The first kappa shape index (κ1) is 23.4. The van der Waals surface area contributed by atoms with Gasteiger partial charge >= 0.3 is 0 Å². The molecule has 4 rings (SSSR count). The van der Waals surface area contributed by atoms with E-state index in [1.807, 2.05) is 24.3 Å². The number of aromatic nitrogens is 1. The minimum absolute atomic E-state index is 0.0265. The van der Waals surface area contributed by atoms with Crippen LogP contribution in [0, 0.1) is 6.92 Å². The fourth-order valence-corrected chi connectivity index (χ4v) is 4.53. The number of anilines is 1. The lowest BCUT2D eigenvalue weighted by molar-refractivity contribution is -0.120. The molecular formula is C23H25ClN4O4S. The third-order valence-electron chi connectivity index (χ3n) is 5.45. The number of carbonyl (C=O) groups is 2. The average molecular weight is 489 g/mol. The Kier molecular flexibility index (Phi) is 7.77. The van der Waals surface area contributed by atoms with E-state index in [4.69, 9.17) is 20.8 Å². The predicted molar refractivity (Wildman–Crippen MR) is 127 cm³/mol. The van der Waals surface area contributed by atoms with Crippen molar-refractivity contribution in [3.63, 3.8) is 0 Å². The van der Waals surface area contributed by atoms with E-state index >= 15 is 0 Å². The largest absolute Gasteiger partial charge is 0.469 e. The number of benzene rings is 1. The van der Waals surface area contributed by atoms with Crippen LogP contribution in [0.15, 0.2) is 46.4 Å². The lowest BCUT2D eigenvalue weighted by Gasteiger charge is -2.35. The zero-order valence-electron chi connectivity index (χ0n) is 18.2. The first-order chi connectivity index (χ1) is 16.0. The van der Waals surface area contributed by atoms with E-state index in [1.165, 1.54) is 17.6 Å². The maximum atomic E-state index is 12.6. The Bertz CT molecular complexity index is 1090. The quantitative estimate of drug-likeness (QED) is 0.502. The number of amides is 2. The number of furan rings is 1. The van der Waals surface area contributed by atoms with Crippen LogP contribution in [0.2, 0.25) is 5.02 Å². The highest BCUT2D eigenvalue weighted by Gasteiger charge is 2.23. The van der Waals surface area contributed by atoms with E-state index in [0.717, 1.165) is 18.7 Å². The van der Waals surface area contributed by atoms with Gasteiger partial charge in [-0.2, -0.15) is 0 Å². The third-order valence-corrected chi connectivity index (χ3v) is 6.51. The molecular weight excluding hydrogens is 464 g/mol. The average Bonchev–Trinajstić information content (AvgIpc) is 3.44. The Morgan fingerprint density at radius 3 is 2.67 bits per heavy atom. The van der Waals surface area contributed by atoms with Gasteiger partial charge in [0.05, 0.1) is 43.2 Å². The van der Waals surface area contributed by atoms with Gasteiger partial charge in [0.25, 0.3) is 5.91 Å². The normalized spacial score (nSPS) is 15.2. The molecule has 0 aliphatic carbocycles. The molecule has 0 spiro atoms. The van der Waals surface area contributed by atoms with Crippen LogP contribution in [0.4, 0.5) is 5.13 Å². The summed E-state index contributed by atoms with van der Waals surface area (Å²) in [5.74, 6) is 0.123. The molecule has 0 radical (unpaired) electrons. The number of nitrogens with one attached hydrogen (secondary N) is 2.